The molecule has 0 atom stereocenters. The fraction of sp³-hybridized carbons (Fsp3) is 0.105. The van der Waals surface area contributed by atoms with E-state index in [1.54, 1.807) is 22.7 Å². The number of hydrogen-bond donors (Lipinski definition) is 0. The van der Waals surface area contributed by atoms with Crippen molar-refractivity contribution >= 4 is 54.0 Å². The van der Waals surface area contributed by atoms with Crippen molar-refractivity contribution in [1.29, 1.82) is 0 Å². The molecule has 0 spiro atoms. The standard InChI is InChI=1S/C19H13N3S2/c1-10-20-16-6-5-12-3-4-13(9-14(12)18(16)24-10)15-7-8-17-19(22-15)21-11(2)23-17/h3-9H,1-2H3. The third-order valence-corrected chi connectivity index (χ3v) is 6.08. The SMILES string of the molecule is Cc1nc2nc(-c3ccc4ccc5nc(C)sc5c4c3)ccc2s1. The van der Waals surface area contributed by atoms with Gasteiger partial charge in [-0.25, -0.2) is 15.0 Å². The summed E-state index contributed by atoms with van der Waals surface area (Å²) in [5, 5.41) is 4.63. The lowest BCUT2D eigenvalue weighted by Gasteiger charge is -2.04. The number of nitrogens with zero attached hydrogens (tertiary/aromatic N) is 3. The van der Waals surface area contributed by atoms with Crippen molar-refractivity contribution in [1.82, 2.24) is 15.0 Å². The molecule has 0 bridgehead atoms. The van der Waals surface area contributed by atoms with Crippen molar-refractivity contribution < 1.29 is 0 Å². The minimum atomic E-state index is 0.835. The summed E-state index contributed by atoms with van der Waals surface area (Å²) in [6.07, 6.45) is 0. The summed E-state index contributed by atoms with van der Waals surface area (Å²) in [7, 11) is 0. The number of fused-ring (bicyclic) bond motifs is 4. The molecular weight excluding hydrogens is 334 g/mol. The number of thiazole rings is 2. The van der Waals surface area contributed by atoms with E-state index in [1.165, 1.54) is 15.5 Å². The number of benzene rings is 2. The van der Waals surface area contributed by atoms with Crippen LogP contribution < -0.4 is 0 Å². The highest BCUT2D eigenvalue weighted by atomic mass is 32.1. The van der Waals surface area contributed by atoms with Crippen LogP contribution in [0.3, 0.4) is 0 Å². The van der Waals surface area contributed by atoms with E-state index < -0.39 is 0 Å². The molecule has 0 amide bonds. The van der Waals surface area contributed by atoms with Crippen molar-refractivity contribution in [3.8, 4) is 11.3 Å². The Balaban J connectivity index is 1.76. The van der Waals surface area contributed by atoms with Gasteiger partial charge in [0.1, 0.15) is 0 Å². The average Bonchev–Trinajstić information content (AvgIpc) is 3.14. The van der Waals surface area contributed by atoms with Crippen molar-refractivity contribution in [2.24, 2.45) is 0 Å². The number of hydrogen-bond acceptors (Lipinski definition) is 5. The highest BCUT2D eigenvalue weighted by Gasteiger charge is 2.09. The van der Waals surface area contributed by atoms with E-state index in [-0.39, 0.29) is 0 Å². The summed E-state index contributed by atoms with van der Waals surface area (Å²) in [4.78, 5) is 13.9. The first kappa shape index (κ1) is 14.0. The molecular formula is C19H13N3S2. The van der Waals surface area contributed by atoms with Crippen LogP contribution in [0.1, 0.15) is 10.0 Å². The Kier molecular flexibility index (Phi) is 2.96. The Morgan fingerprint density at radius 1 is 0.792 bits per heavy atom. The predicted octanol–water partition coefficient (Wildman–Crippen LogP) is 5.74. The second kappa shape index (κ2) is 5.06. The van der Waals surface area contributed by atoms with Crippen LogP contribution in [0.5, 0.6) is 0 Å². The van der Waals surface area contributed by atoms with Crippen molar-refractivity contribution in [3.63, 3.8) is 0 Å². The third kappa shape index (κ3) is 2.12. The van der Waals surface area contributed by atoms with E-state index in [0.29, 0.717) is 0 Å². The highest BCUT2D eigenvalue weighted by molar-refractivity contribution is 7.19. The van der Waals surface area contributed by atoms with Gasteiger partial charge in [0, 0.05) is 10.9 Å². The molecule has 2 aromatic carbocycles. The van der Waals surface area contributed by atoms with Crippen LogP contribution >= 0.6 is 22.7 Å². The highest BCUT2D eigenvalue weighted by Crippen LogP contribution is 2.33. The lowest BCUT2D eigenvalue weighted by atomic mass is 10.0. The molecule has 0 radical (unpaired) electrons. The van der Waals surface area contributed by atoms with E-state index in [0.717, 1.165) is 37.1 Å². The summed E-state index contributed by atoms with van der Waals surface area (Å²) < 4.78 is 2.38. The molecule has 0 aliphatic carbocycles. The second-order valence-electron chi connectivity index (χ2n) is 5.83. The smallest absolute Gasteiger partial charge is 0.171 e. The lowest BCUT2D eigenvalue weighted by Crippen LogP contribution is -1.85. The molecule has 3 aromatic heterocycles. The molecule has 0 aliphatic rings. The zero-order chi connectivity index (χ0) is 16.3. The first-order chi connectivity index (χ1) is 11.7. The predicted molar refractivity (Wildman–Crippen MR) is 103 cm³/mol. The Morgan fingerprint density at radius 3 is 2.54 bits per heavy atom. The average molecular weight is 347 g/mol. The molecule has 0 N–H and O–H groups in total. The van der Waals surface area contributed by atoms with Gasteiger partial charge in [-0.3, -0.25) is 0 Å². The second-order valence-corrected chi connectivity index (χ2v) is 8.27. The van der Waals surface area contributed by atoms with Crippen LogP contribution in [0, 0.1) is 13.8 Å². The van der Waals surface area contributed by atoms with E-state index in [1.807, 2.05) is 6.92 Å². The number of pyridine rings is 1. The van der Waals surface area contributed by atoms with Crippen molar-refractivity contribution in [2.45, 2.75) is 13.8 Å². The van der Waals surface area contributed by atoms with Gasteiger partial charge in [-0.1, -0.05) is 18.2 Å². The maximum atomic E-state index is 4.75. The summed E-state index contributed by atoms with van der Waals surface area (Å²) in [5.74, 6) is 0. The number of aromatic nitrogens is 3. The molecule has 0 aliphatic heterocycles. The van der Waals surface area contributed by atoms with Gasteiger partial charge in [0.05, 0.1) is 30.6 Å². The first-order valence-electron chi connectivity index (χ1n) is 7.72. The van der Waals surface area contributed by atoms with Gasteiger partial charge in [0.15, 0.2) is 5.65 Å². The largest absolute Gasteiger partial charge is 0.241 e. The van der Waals surface area contributed by atoms with E-state index >= 15 is 0 Å². The maximum Gasteiger partial charge on any atom is 0.171 e. The zero-order valence-electron chi connectivity index (χ0n) is 13.2. The molecule has 0 unspecified atom stereocenters. The third-order valence-electron chi connectivity index (χ3n) is 4.14. The molecule has 0 fully saturated rings. The van der Waals surface area contributed by atoms with Crippen LogP contribution in [0.2, 0.25) is 0 Å². The normalized spacial score (nSPS) is 11.8. The van der Waals surface area contributed by atoms with Crippen LogP contribution in [0.15, 0.2) is 42.5 Å². The number of aryl methyl sites for hydroxylation is 2. The van der Waals surface area contributed by atoms with Crippen LogP contribution in [-0.4, -0.2) is 15.0 Å². The fourth-order valence-electron chi connectivity index (χ4n) is 3.06. The Morgan fingerprint density at radius 2 is 1.62 bits per heavy atom. The van der Waals surface area contributed by atoms with Gasteiger partial charge in [0.25, 0.3) is 0 Å². The van der Waals surface area contributed by atoms with Gasteiger partial charge < -0.3 is 0 Å². The minimum absolute atomic E-state index is 0.835. The molecule has 3 heterocycles. The summed E-state index contributed by atoms with van der Waals surface area (Å²) in [5.41, 5.74) is 3.99. The Labute approximate surface area is 146 Å². The van der Waals surface area contributed by atoms with E-state index in [9.17, 15) is 0 Å². The van der Waals surface area contributed by atoms with Gasteiger partial charge in [-0.2, -0.15) is 0 Å². The summed E-state index contributed by atoms with van der Waals surface area (Å²) in [6.45, 7) is 4.07. The molecule has 5 rings (SSSR count). The number of rotatable bonds is 1. The molecule has 116 valence electrons. The minimum Gasteiger partial charge on any atom is -0.241 e. The van der Waals surface area contributed by atoms with E-state index in [2.05, 4.69) is 59.4 Å². The van der Waals surface area contributed by atoms with Gasteiger partial charge in [-0.15, -0.1) is 22.7 Å². The molecule has 5 aromatic rings. The first-order valence-corrected chi connectivity index (χ1v) is 9.35. The van der Waals surface area contributed by atoms with Gasteiger partial charge in [-0.05, 0) is 43.5 Å². The summed E-state index contributed by atoms with van der Waals surface area (Å²) in [6, 6.07) is 15.0. The molecule has 3 nitrogen and oxygen atoms in total. The Hall–Kier alpha value is -2.37. The quantitative estimate of drug-likeness (QED) is 0.388. The topological polar surface area (TPSA) is 38.7 Å². The summed E-state index contributed by atoms with van der Waals surface area (Å²) >= 11 is 3.43. The van der Waals surface area contributed by atoms with Crippen molar-refractivity contribution in [2.75, 3.05) is 0 Å². The molecule has 0 saturated carbocycles. The van der Waals surface area contributed by atoms with E-state index in [4.69, 9.17) is 4.98 Å². The van der Waals surface area contributed by atoms with Gasteiger partial charge in [0.2, 0.25) is 0 Å². The molecule has 5 heteroatoms. The van der Waals surface area contributed by atoms with Crippen LogP contribution in [0.25, 0.3) is 42.6 Å². The Bertz CT molecular complexity index is 1230. The molecule has 0 saturated heterocycles. The van der Waals surface area contributed by atoms with Crippen LogP contribution in [0.4, 0.5) is 0 Å². The molecule has 24 heavy (non-hydrogen) atoms. The lowest BCUT2D eigenvalue weighted by molar-refractivity contribution is 1.27. The fourth-order valence-corrected chi connectivity index (χ4v) is 4.78. The van der Waals surface area contributed by atoms with Crippen molar-refractivity contribution in [3.05, 3.63) is 52.5 Å². The monoisotopic (exact) mass is 347 g/mol. The van der Waals surface area contributed by atoms with Gasteiger partial charge >= 0.3 is 0 Å². The maximum absolute atomic E-state index is 4.75. The zero-order valence-corrected chi connectivity index (χ0v) is 14.8. The van der Waals surface area contributed by atoms with Crippen LogP contribution in [-0.2, 0) is 0 Å².